The van der Waals surface area contributed by atoms with E-state index in [9.17, 15) is 27.9 Å². The largest absolute Gasteiger partial charge is 0.474 e. The first kappa shape index (κ1) is 42.5. The minimum Gasteiger partial charge on any atom is -0.474 e. The number of amides is 1. The minimum atomic E-state index is -4.52. The zero-order valence-corrected chi connectivity index (χ0v) is 27.5. The van der Waals surface area contributed by atoms with E-state index in [-0.39, 0.29) is 18.8 Å². The number of carbonyl (C=O) groups excluding carboxylic acids is 1. The summed E-state index contributed by atoms with van der Waals surface area (Å²) in [5, 5.41) is 56.6. The number of unbranched alkanes of at least 4 members (excludes halogenated alkanes) is 8. The maximum atomic E-state index is 12.8. The van der Waals surface area contributed by atoms with Crippen molar-refractivity contribution in [3.05, 3.63) is 65.2 Å². The average Bonchev–Trinajstić information content (AvgIpc) is 3.07. The topological polar surface area (TPSA) is 171 Å². The van der Waals surface area contributed by atoms with Crippen LogP contribution in [0.4, 0.5) is 18.9 Å². The number of benzene rings is 2. The monoisotopic (exact) mass is 682 g/mol. The lowest BCUT2D eigenvalue weighted by atomic mass is 10.0. The molecule has 4 atom stereocenters. The standard InChI is InChI=1S/C28H32F3NO3.C7H17NO5/c1-2-3-4-5-6-7-8-9-10-11-12-22-13-15-23(16-14-22)21-32(26(33)27(34)35)25-19-17-24(18-20-25)28(29,30)31;1-8-2-4(10)6(12)7(13)5(11)3-9/h13-20H,2-10,21H2,1H3,(H,34,35);4-13H,2-3H2,1H3/t;4-,5+,6+,7+/m.0/s1. The Balaban J connectivity index is 0.000000747. The normalized spacial score (nSPS) is 13.6. The highest BCUT2D eigenvalue weighted by Gasteiger charge is 2.31. The Bertz CT molecular complexity index is 1260. The van der Waals surface area contributed by atoms with Crippen molar-refractivity contribution in [1.82, 2.24) is 5.32 Å². The molecule has 10 nitrogen and oxygen atoms in total. The second-order valence-corrected chi connectivity index (χ2v) is 11.3. The molecular formula is C35H49F3N2O8. The van der Waals surface area contributed by atoms with Gasteiger partial charge in [-0.05, 0) is 55.4 Å². The molecule has 2 rings (SSSR count). The number of hydrogen-bond acceptors (Lipinski definition) is 8. The van der Waals surface area contributed by atoms with Crippen molar-refractivity contribution in [2.45, 2.75) is 102 Å². The van der Waals surface area contributed by atoms with Gasteiger partial charge in [0, 0.05) is 24.2 Å². The summed E-state index contributed by atoms with van der Waals surface area (Å²) >= 11 is 0. The van der Waals surface area contributed by atoms with Gasteiger partial charge < -0.3 is 36.0 Å². The van der Waals surface area contributed by atoms with E-state index in [4.69, 9.17) is 25.5 Å². The Morgan fingerprint density at radius 3 is 1.88 bits per heavy atom. The number of carboxylic acids is 1. The molecule has 2 aromatic carbocycles. The molecule has 1 amide bonds. The highest BCUT2D eigenvalue weighted by atomic mass is 19.4. The molecule has 48 heavy (non-hydrogen) atoms. The molecule has 0 saturated heterocycles. The van der Waals surface area contributed by atoms with Crippen LogP contribution >= 0.6 is 0 Å². The van der Waals surface area contributed by atoms with E-state index in [2.05, 4.69) is 24.1 Å². The van der Waals surface area contributed by atoms with Gasteiger partial charge in [-0.1, -0.05) is 75.8 Å². The number of aliphatic hydroxyl groups is 5. The SMILES string of the molecule is CCCCCCCCCCC#Cc1ccc(CN(C(=O)C(=O)O)c2ccc(C(F)(F)F)cc2)cc1.CNC[C@H](O)[C@@H](O)[C@H](O)[C@H](O)CO. The summed E-state index contributed by atoms with van der Waals surface area (Å²) in [4.78, 5) is 24.4. The molecule has 0 radical (unpaired) electrons. The van der Waals surface area contributed by atoms with Gasteiger partial charge in [-0.2, -0.15) is 13.2 Å². The van der Waals surface area contributed by atoms with Crippen molar-refractivity contribution >= 4 is 17.6 Å². The van der Waals surface area contributed by atoms with E-state index >= 15 is 0 Å². The van der Waals surface area contributed by atoms with E-state index in [1.807, 2.05) is 0 Å². The van der Waals surface area contributed by atoms with Crippen molar-refractivity contribution < 1.29 is 53.4 Å². The summed E-state index contributed by atoms with van der Waals surface area (Å²) < 4.78 is 38.5. The van der Waals surface area contributed by atoms with Gasteiger partial charge in [-0.25, -0.2) is 4.79 Å². The number of likely N-dealkylation sites (N-methyl/N-ethyl adjacent to an activating group) is 1. The number of alkyl halides is 3. The quantitative estimate of drug-likeness (QED) is 0.0744. The van der Waals surface area contributed by atoms with Crippen molar-refractivity contribution in [1.29, 1.82) is 0 Å². The minimum absolute atomic E-state index is 0.0691. The number of carbonyl (C=O) groups is 2. The number of aliphatic carboxylic acids is 1. The molecule has 0 bridgehead atoms. The first-order chi connectivity index (χ1) is 22.8. The molecule has 0 aliphatic heterocycles. The fraction of sp³-hybridized carbons (Fsp3) is 0.543. The second-order valence-electron chi connectivity index (χ2n) is 11.3. The molecule has 0 saturated carbocycles. The van der Waals surface area contributed by atoms with Crippen LogP contribution in [-0.2, 0) is 22.3 Å². The maximum Gasteiger partial charge on any atom is 0.416 e. The molecule has 268 valence electrons. The zero-order chi connectivity index (χ0) is 36.1. The van der Waals surface area contributed by atoms with Gasteiger partial charge >= 0.3 is 18.1 Å². The van der Waals surface area contributed by atoms with E-state index in [0.717, 1.165) is 47.6 Å². The zero-order valence-electron chi connectivity index (χ0n) is 27.5. The van der Waals surface area contributed by atoms with E-state index < -0.39 is 54.6 Å². The third-order valence-corrected chi connectivity index (χ3v) is 7.36. The van der Waals surface area contributed by atoms with Crippen LogP contribution in [0, 0.1) is 11.8 Å². The molecular weight excluding hydrogens is 633 g/mol. The molecule has 0 unspecified atom stereocenters. The van der Waals surface area contributed by atoms with E-state index in [1.54, 1.807) is 31.3 Å². The number of nitrogens with zero attached hydrogens (tertiary/aromatic N) is 1. The van der Waals surface area contributed by atoms with Crippen LogP contribution in [0.1, 0.15) is 81.4 Å². The summed E-state index contributed by atoms with van der Waals surface area (Å²) in [5.41, 5.74) is 0.630. The lowest BCUT2D eigenvalue weighted by Crippen LogP contribution is -2.48. The molecule has 13 heteroatoms. The number of anilines is 1. The molecule has 0 spiro atoms. The predicted molar refractivity (Wildman–Crippen MR) is 176 cm³/mol. The lowest BCUT2D eigenvalue weighted by Gasteiger charge is -2.25. The molecule has 7 N–H and O–H groups in total. The van der Waals surface area contributed by atoms with Gasteiger partial charge in [0.25, 0.3) is 0 Å². The first-order valence-corrected chi connectivity index (χ1v) is 16.0. The number of halogens is 3. The van der Waals surface area contributed by atoms with Crippen LogP contribution in [-0.4, -0.2) is 87.1 Å². The van der Waals surface area contributed by atoms with E-state index in [1.165, 1.54) is 44.9 Å². The van der Waals surface area contributed by atoms with Gasteiger partial charge in [0.1, 0.15) is 18.3 Å². The van der Waals surface area contributed by atoms with Gasteiger partial charge in [0.05, 0.1) is 24.8 Å². The fourth-order valence-electron chi connectivity index (χ4n) is 4.51. The van der Waals surface area contributed by atoms with Crippen molar-refractivity contribution in [2.75, 3.05) is 25.1 Å². The third kappa shape index (κ3) is 16.1. The van der Waals surface area contributed by atoms with Gasteiger partial charge in [0.2, 0.25) is 0 Å². The summed E-state index contributed by atoms with van der Waals surface area (Å²) in [5.74, 6) is 3.36. The Labute approximate surface area is 280 Å². The summed E-state index contributed by atoms with van der Waals surface area (Å²) in [6.07, 6.45) is 0.617. The van der Waals surface area contributed by atoms with Gasteiger partial charge in [0.15, 0.2) is 0 Å². The third-order valence-electron chi connectivity index (χ3n) is 7.36. The second kappa shape index (κ2) is 23.0. The summed E-state index contributed by atoms with van der Waals surface area (Å²) in [7, 11) is 1.57. The Kier molecular flexibility index (Phi) is 20.3. The van der Waals surface area contributed by atoms with Crippen LogP contribution in [0.5, 0.6) is 0 Å². The number of hydrogen-bond donors (Lipinski definition) is 7. The molecule has 2 aromatic rings. The summed E-state index contributed by atoms with van der Waals surface area (Å²) in [6.45, 7) is 1.55. The number of rotatable bonds is 17. The Morgan fingerprint density at radius 2 is 1.38 bits per heavy atom. The molecule has 0 heterocycles. The summed E-state index contributed by atoms with van der Waals surface area (Å²) in [6, 6.07) is 10.9. The Hall–Kier alpha value is -3.51. The van der Waals surface area contributed by atoms with E-state index in [0.29, 0.717) is 5.56 Å². The smallest absolute Gasteiger partial charge is 0.416 e. The molecule has 0 aliphatic carbocycles. The Morgan fingerprint density at radius 1 is 0.833 bits per heavy atom. The van der Waals surface area contributed by atoms with Crippen LogP contribution in [0.2, 0.25) is 0 Å². The molecule has 0 aliphatic rings. The average molecular weight is 683 g/mol. The lowest BCUT2D eigenvalue weighted by molar-refractivity contribution is -0.148. The maximum absolute atomic E-state index is 12.8. The predicted octanol–water partition coefficient (Wildman–Crippen LogP) is 3.85. The number of nitrogens with one attached hydrogen (secondary N) is 1. The number of aliphatic hydroxyl groups excluding tert-OH is 5. The highest BCUT2D eigenvalue weighted by molar-refractivity contribution is 6.37. The van der Waals surface area contributed by atoms with Crippen LogP contribution in [0.3, 0.4) is 0 Å². The number of carboxylic acid groups (broad SMARTS) is 1. The molecule has 0 aromatic heterocycles. The molecule has 0 fully saturated rings. The van der Waals surface area contributed by atoms with Crippen molar-refractivity contribution in [3.8, 4) is 11.8 Å². The highest BCUT2D eigenvalue weighted by Crippen LogP contribution is 2.31. The van der Waals surface area contributed by atoms with Crippen LogP contribution in [0.25, 0.3) is 0 Å². The van der Waals surface area contributed by atoms with Crippen LogP contribution < -0.4 is 10.2 Å². The van der Waals surface area contributed by atoms with Crippen molar-refractivity contribution in [2.24, 2.45) is 0 Å². The van der Waals surface area contributed by atoms with Crippen LogP contribution in [0.15, 0.2) is 48.5 Å². The fourth-order valence-corrected chi connectivity index (χ4v) is 4.51. The van der Waals surface area contributed by atoms with Gasteiger partial charge in [-0.3, -0.25) is 9.69 Å². The first-order valence-electron chi connectivity index (χ1n) is 16.0. The van der Waals surface area contributed by atoms with Gasteiger partial charge in [-0.15, -0.1) is 0 Å². The van der Waals surface area contributed by atoms with Crippen molar-refractivity contribution in [3.63, 3.8) is 0 Å².